The van der Waals surface area contributed by atoms with E-state index in [1.807, 2.05) is 12.3 Å². The summed E-state index contributed by atoms with van der Waals surface area (Å²) in [5, 5.41) is 4.78. The molecule has 1 aromatic carbocycles. The van der Waals surface area contributed by atoms with E-state index < -0.39 is 0 Å². The van der Waals surface area contributed by atoms with Crippen LogP contribution in [0, 0.1) is 0 Å². The summed E-state index contributed by atoms with van der Waals surface area (Å²) in [5.41, 5.74) is 2.37. The fraction of sp³-hybridized carbons (Fsp3) is 0.400. The number of hydrogen-bond acceptors (Lipinski definition) is 3. The van der Waals surface area contributed by atoms with Gasteiger partial charge in [-0.05, 0) is 38.1 Å². The Labute approximate surface area is 108 Å². The molecule has 1 fully saturated rings. The summed E-state index contributed by atoms with van der Waals surface area (Å²) < 4.78 is 0. The Morgan fingerprint density at radius 3 is 2.72 bits per heavy atom. The topological polar surface area (TPSA) is 28.2 Å². The molecule has 0 saturated carbocycles. The number of piperazine rings is 1. The average molecular weight is 241 g/mol. The maximum absolute atomic E-state index is 4.37. The second-order valence-electron chi connectivity index (χ2n) is 5.25. The molecule has 3 nitrogen and oxygen atoms in total. The summed E-state index contributed by atoms with van der Waals surface area (Å²) in [6.07, 6.45) is 1.84. The first-order valence-electron chi connectivity index (χ1n) is 6.58. The fourth-order valence-corrected chi connectivity index (χ4v) is 2.80. The quantitative estimate of drug-likeness (QED) is 0.831. The van der Waals surface area contributed by atoms with Crippen LogP contribution in [0.4, 0.5) is 5.69 Å². The van der Waals surface area contributed by atoms with Gasteiger partial charge < -0.3 is 10.2 Å². The van der Waals surface area contributed by atoms with E-state index in [4.69, 9.17) is 0 Å². The van der Waals surface area contributed by atoms with Crippen LogP contribution in [0.25, 0.3) is 10.9 Å². The summed E-state index contributed by atoms with van der Waals surface area (Å²) in [5.74, 6) is 0. The average Bonchev–Trinajstić information content (AvgIpc) is 2.37. The molecule has 0 spiro atoms. The second-order valence-corrected chi connectivity index (χ2v) is 5.25. The summed E-state index contributed by atoms with van der Waals surface area (Å²) in [6.45, 7) is 6.61. The molecule has 1 saturated heterocycles. The molecule has 2 heterocycles. The van der Waals surface area contributed by atoms with Crippen LogP contribution in [0.1, 0.15) is 13.8 Å². The van der Waals surface area contributed by atoms with Gasteiger partial charge in [-0.1, -0.05) is 6.07 Å². The number of aromatic nitrogens is 1. The van der Waals surface area contributed by atoms with Crippen molar-refractivity contribution < 1.29 is 0 Å². The molecule has 3 heteroatoms. The number of nitrogens with one attached hydrogen (secondary N) is 1. The Morgan fingerprint density at radius 2 is 1.94 bits per heavy atom. The lowest BCUT2D eigenvalue weighted by Gasteiger charge is -2.37. The molecular formula is C15H19N3. The van der Waals surface area contributed by atoms with Gasteiger partial charge in [0.15, 0.2) is 0 Å². The van der Waals surface area contributed by atoms with Crippen LogP contribution in [0.2, 0.25) is 0 Å². The van der Waals surface area contributed by atoms with E-state index in [2.05, 4.69) is 53.3 Å². The number of hydrogen-bond donors (Lipinski definition) is 1. The van der Waals surface area contributed by atoms with Crippen LogP contribution in [0.15, 0.2) is 36.5 Å². The molecule has 2 unspecified atom stereocenters. The predicted molar refractivity (Wildman–Crippen MR) is 76.0 cm³/mol. The smallest absolute Gasteiger partial charge is 0.0703 e. The third-order valence-corrected chi connectivity index (χ3v) is 3.51. The van der Waals surface area contributed by atoms with Gasteiger partial charge in [-0.3, -0.25) is 4.98 Å². The molecule has 0 aliphatic carbocycles. The zero-order chi connectivity index (χ0) is 12.5. The van der Waals surface area contributed by atoms with Crippen molar-refractivity contribution in [3.05, 3.63) is 36.5 Å². The van der Waals surface area contributed by atoms with Crippen molar-refractivity contribution in [1.82, 2.24) is 10.3 Å². The van der Waals surface area contributed by atoms with Crippen LogP contribution in [0.3, 0.4) is 0 Å². The Kier molecular flexibility index (Phi) is 2.92. The van der Waals surface area contributed by atoms with Crippen molar-refractivity contribution in [2.24, 2.45) is 0 Å². The normalized spacial score (nSPS) is 24.4. The van der Waals surface area contributed by atoms with Crippen molar-refractivity contribution in [2.45, 2.75) is 25.9 Å². The van der Waals surface area contributed by atoms with Gasteiger partial charge in [-0.15, -0.1) is 0 Å². The first-order valence-corrected chi connectivity index (χ1v) is 6.58. The van der Waals surface area contributed by atoms with Crippen molar-refractivity contribution in [2.75, 3.05) is 18.0 Å². The number of pyridine rings is 1. The van der Waals surface area contributed by atoms with E-state index in [1.165, 1.54) is 11.1 Å². The predicted octanol–water partition coefficient (Wildman–Crippen LogP) is 2.42. The van der Waals surface area contributed by atoms with E-state index in [1.54, 1.807) is 0 Å². The molecule has 1 N–H and O–H groups in total. The highest BCUT2D eigenvalue weighted by Gasteiger charge is 2.21. The Hall–Kier alpha value is -1.61. The highest BCUT2D eigenvalue weighted by molar-refractivity contribution is 5.82. The molecule has 1 aliphatic rings. The third kappa shape index (κ3) is 2.18. The third-order valence-electron chi connectivity index (χ3n) is 3.51. The van der Waals surface area contributed by atoms with E-state index in [0.29, 0.717) is 12.1 Å². The van der Waals surface area contributed by atoms with Crippen LogP contribution >= 0.6 is 0 Å². The van der Waals surface area contributed by atoms with E-state index in [-0.39, 0.29) is 0 Å². The molecule has 3 rings (SSSR count). The van der Waals surface area contributed by atoms with Crippen LogP contribution < -0.4 is 10.2 Å². The molecule has 0 radical (unpaired) electrons. The van der Waals surface area contributed by atoms with Gasteiger partial charge in [0.25, 0.3) is 0 Å². The highest BCUT2D eigenvalue weighted by Crippen LogP contribution is 2.22. The number of anilines is 1. The molecule has 2 aromatic rings. The first-order chi connectivity index (χ1) is 8.72. The lowest BCUT2D eigenvalue weighted by molar-refractivity contribution is 0.407. The first kappa shape index (κ1) is 11.5. The number of nitrogens with zero attached hydrogens (tertiary/aromatic N) is 2. The lowest BCUT2D eigenvalue weighted by atomic mass is 10.1. The monoisotopic (exact) mass is 241 g/mol. The summed E-state index contributed by atoms with van der Waals surface area (Å²) in [4.78, 5) is 6.82. The van der Waals surface area contributed by atoms with Gasteiger partial charge in [0.2, 0.25) is 0 Å². The van der Waals surface area contributed by atoms with Gasteiger partial charge in [0.05, 0.1) is 5.52 Å². The van der Waals surface area contributed by atoms with Crippen molar-refractivity contribution in [3.8, 4) is 0 Å². The van der Waals surface area contributed by atoms with Gasteiger partial charge in [-0.2, -0.15) is 0 Å². The summed E-state index contributed by atoms with van der Waals surface area (Å²) in [7, 11) is 0. The van der Waals surface area contributed by atoms with Crippen LogP contribution in [-0.2, 0) is 0 Å². The minimum absolute atomic E-state index is 0.540. The highest BCUT2D eigenvalue weighted by atomic mass is 15.2. The van der Waals surface area contributed by atoms with E-state index in [0.717, 1.165) is 18.6 Å². The number of rotatable bonds is 1. The SMILES string of the molecule is CC1CN(c2ccc3ncccc3c2)CC(C)N1. The number of benzene rings is 1. The zero-order valence-corrected chi connectivity index (χ0v) is 10.9. The molecule has 2 atom stereocenters. The Morgan fingerprint density at radius 1 is 1.17 bits per heavy atom. The molecule has 0 amide bonds. The Bertz CT molecular complexity index is 542. The molecule has 1 aromatic heterocycles. The zero-order valence-electron chi connectivity index (χ0n) is 10.9. The lowest BCUT2D eigenvalue weighted by Crippen LogP contribution is -2.54. The maximum atomic E-state index is 4.37. The molecule has 18 heavy (non-hydrogen) atoms. The standard InChI is InChI=1S/C15H19N3/c1-11-9-18(10-12(2)17-11)14-5-6-15-13(8-14)4-3-7-16-15/h3-8,11-12,17H,9-10H2,1-2H3. The molecule has 1 aliphatic heterocycles. The van der Waals surface area contributed by atoms with Crippen molar-refractivity contribution in [1.29, 1.82) is 0 Å². The fourth-order valence-electron chi connectivity index (χ4n) is 2.80. The number of fused-ring (bicyclic) bond motifs is 1. The van der Waals surface area contributed by atoms with E-state index >= 15 is 0 Å². The minimum Gasteiger partial charge on any atom is -0.368 e. The molecule has 0 bridgehead atoms. The largest absolute Gasteiger partial charge is 0.368 e. The van der Waals surface area contributed by atoms with Crippen LogP contribution in [-0.4, -0.2) is 30.2 Å². The van der Waals surface area contributed by atoms with Gasteiger partial charge in [0.1, 0.15) is 0 Å². The molecule has 94 valence electrons. The van der Waals surface area contributed by atoms with Crippen molar-refractivity contribution in [3.63, 3.8) is 0 Å². The van der Waals surface area contributed by atoms with Crippen molar-refractivity contribution >= 4 is 16.6 Å². The summed E-state index contributed by atoms with van der Waals surface area (Å²) >= 11 is 0. The molecular weight excluding hydrogens is 222 g/mol. The van der Waals surface area contributed by atoms with Gasteiger partial charge in [-0.25, -0.2) is 0 Å². The van der Waals surface area contributed by atoms with Gasteiger partial charge in [0, 0.05) is 42.4 Å². The van der Waals surface area contributed by atoms with Crippen LogP contribution in [0.5, 0.6) is 0 Å². The summed E-state index contributed by atoms with van der Waals surface area (Å²) in [6, 6.07) is 11.7. The second kappa shape index (κ2) is 4.58. The maximum Gasteiger partial charge on any atom is 0.0703 e. The van der Waals surface area contributed by atoms with E-state index in [9.17, 15) is 0 Å². The van der Waals surface area contributed by atoms with Gasteiger partial charge >= 0.3 is 0 Å². The minimum atomic E-state index is 0.540. The Balaban J connectivity index is 1.93.